The molecule has 1 heterocycles. The minimum atomic E-state index is -0.360. The highest BCUT2D eigenvalue weighted by atomic mass is 16.6. The van der Waals surface area contributed by atoms with Gasteiger partial charge in [-0.15, -0.1) is 0 Å². The first-order chi connectivity index (χ1) is 11.3. The van der Waals surface area contributed by atoms with Crippen LogP contribution in [0.15, 0.2) is 78.3 Å². The van der Waals surface area contributed by atoms with Gasteiger partial charge in [0.1, 0.15) is 11.5 Å². The van der Waals surface area contributed by atoms with Gasteiger partial charge in [-0.05, 0) is 30.6 Å². The van der Waals surface area contributed by atoms with Gasteiger partial charge in [-0.25, -0.2) is 0 Å². The summed E-state index contributed by atoms with van der Waals surface area (Å²) >= 11 is 0. The summed E-state index contributed by atoms with van der Waals surface area (Å²) < 4.78 is 17.0. The third kappa shape index (κ3) is 4.50. The summed E-state index contributed by atoms with van der Waals surface area (Å²) in [6, 6.07) is 17.8. The zero-order valence-corrected chi connectivity index (χ0v) is 13.1. The number of hydrogen-bond acceptors (Lipinski definition) is 3. The Morgan fingerprint density at radius 1 is 1.00 bits per heavy atom. The van der Waals surface area contributed by atoms with E-state index in [1.54, 1.807) is 0 Å². The molecule has 0 atom stereocenters. The van der Waals surface area contributed by atoms with Crippen molar-refractivity contribution < 1.29 is 14.0 Å². The molecule has 0 fully saturated rings. The Balaban J connectivity index is 1.43. The molecular weight excluding hydrogens is 287 g/mol. The Morgan fingerprint density at radius 2 is 1.65 bits per heavy atom. The normalized spacial score (nSPS) is 13.8. The van der Waals surface area contributed by atoms with E-state index in [2.05, 4.69) is 12.1 Å². The van der Waals surface area contributed by atoms with Crippen LogP contribution in [-0.2, 0) is 11.3 Å². The van der Waals surface area contributed by atoms with Crippen LogP contribution in [0.1, 0.15) is 12.5 Å². The lowest BCUT2D eigenvalue weighted by molar-refractivity contribution is 0.148. The molecule has 1 aliphatic heterocycles. The maximum atomic E-state index is 5.67. The van der Waals surface area contributed by atoms with E-state index in [-0.39, 0.29) is 7.12 Å². The van der Waals surface area contributed by atoms with Crippen LogP contribution >= 0.6 is 0 Å². The smallest absolute Gasteiger partial charge is 0.520 e. The molecule has 0 unspecified atom stereocenters. The van der Waals surface area contributed by atoms with Gasteiger partial charge in [-0.2, -0.15) is 0 Å². The van der Waals surface area contributed by atoms with Crippen LogP contribution in [0, 0.1) is 0 Å². The number of allylic oxidation sites excluding steroid dienone is 2. The summed E-state index contributed by atoms with van der Waals surface area (Å²) in [4.78, 5) is 0. The molecular formula is C19H19BO3. The van der Waals surface area contributed by atoms with E-state index in [0.717, 1.165) is 17.1 Å². The molecule has 0 amide bonds. The molecule has 0 N–H and O–H groups in total. The summed E-state index contributed by atoms with van der Waals surface area (Å²) in [5.74, 6) is 3.48. The first kappa shape index (κ1) is 15.4. The molecule has 3 rings (SSSR count). The van der Waals surface area contributed by atoms with Gasteiger partial charge in [-0.3, -0.25) is 0 Å². The number of ether oxygens (including phenoxy) is 1. The second kappa shape index (κ2) is 7.70. The standard InChI is InChI=1S/C19H19BO3/c1-16(12-14-21-15-17-7-3-2-4-8-17)11-13-20-22-18-9-5-6-10-19(18)23-20/h2-13H,14-15H2,1H3/b13-11+,16-12+. The third-order valence-electron chi connectivity index (χ3n) is 3.49. The van der Waals surface area contributed by atoms with E-state index in [1.807, 2.05) is 67.5 Å². The van der Waals surface area contributed by atoms with Crippen LogP contribution in [0.25, 0.3) is 0 Å². The number of hydrogen-bond donors (Lipinski definition) is 0. The molecule has 0 bridgehead atoms. The number of benzene rings is 2. The van der Waals surface area contributed by atoms with Crippen molar-refractivity contribution in [3.63, 3.8) is 0 Å². The van der Waals surface area contributed by atoms with Crippen molar-refractivity contribution in [3.05, 3.63) is 83.9 Å². The SMILES string of the molecule is CC(/C=C/B1Oc2ccccc2O1)=C\COCc1ccccc1. The van der Waals surface area contributed by atoms with Crippen LogP contribution in [0.5, 0.6) is 11.5 Å². The van der Waals surface area contributed by atoms with Crippen molar-refractivity contribution in [3.8, 4) is 11.5 Å². The zero-order chi connectivity index (χ0) is 15.9. The largest absolute Gasteiger partial charge is 0.625 e. The van der Waals surface area contributed by atoms with Gasteiger partial charge in [0, 0.05) is 0 Å². The Bertz CT molecular complexity index is 670. The van der Waals surface area contributed by atoms with Crippen LogP contribution in [0.2, 0.25) is 0 Å². The second-order valence-electron chi connectivity index (χ2n) is 5.36. The maximum absolute atomic E-state index is 5.67. The molecule has 1 aliphatic rings. The molecule has 2 aromatic carbocycles. The van der Waals surface area contributed by atoms with E-state index in [1.165, 1.54) is 5.56 Å². The Morgan fingerprint density at radius 3 is 2.35 bits per heavy atom. The molecule has 2 aromatic rings. The first-order valence-electron chi connectivity index (χ1n) is 7.70. The highest BCUT2D eigenvalue weighted by Crippen LogP contribution is 2.32. The predicted octanol–water partition coefficient (Wildman–Crippen LogP) is 4.20. The van der Waals surface area contributed by atoms with Crippen molar-refractivity contribution in [2.45, 2.75) is 13.5 Å². The lowest BCUT2D eigenvalue weighted by atomic mass is 9.89. The summed E-state index contributed by atoms with van der Waals surface area (Å²) in [6.45, 7) is 3.24. The van der Waals surface area contributed by atoms with E-state index in [0.29, 0.717) is 13.2 Å². The number of rotatable bonds is 6. The molecule has 0 radical (unpaired) electrons. The first-order valence-corrected chi connectivity index (χ1v) is 7.70. The summed E-state index contributed by atoms with van der Waals surface area (Å²) in [5.41, 5.74) is 2.29. The van der Waals surface area contributed by atoms with Gasteiger partial charge in [0.05, 0.1) is 13.2 Å². The van der Waals surface area contributed by atoms with Crippen molar-refractivity contribution in [2.75, 3.05) is 6.61 Å². The minimum Gasteiger partial charge on any atom is -0.520 e. The number of fused-ring (bicyclic) bond motifs is 1. The Labute approximate surface area is 137 Å². The minimum absolute atomic E-state index is 0.360. The molecule has 0 saturated carbocycles. The maximum Gasteiger partial charge on any atom is 0.625 e. The quantitative estimate of drug-likeness (QED) is 0.455. The highest BCUT2D eigenvalue weighted by molar-refractivity contribution is 6.53. The fourth-order valence-electron chi connectivity index (χ4n) is 2.24. The molecule has 23 heavy (non-hydrogen) atoms. The van der Waals surface area contributed by atoms with Crippen LogP contribution < -0.4 is 9.31 Å². The summed E-state index contributed by atoms with van der Waals surface area (Å²) in [5, 5.41) is 0. The van der Waals surface area contributed by atoms with Gasteiger partial charge in [0.2, 0.25) is 0 Å². The number of para-hydroxylation sites is 2. The van der Waals surface area contributed by atoms with Crippen molar-refractivity contribution in [1.82, 2.24) is 0 Å². The van der Waals surface area contributed by atoms with Gasteiger partial charge in [-0.1, -0.05) is 60.2 Å². The Hall–Kier alpha value is -2.46. The molecule has 0 aliphatic carbocycles. The molecule has 0 aromatic heterocycles. The van der Waals surface area contributed by atoms with Gasteiger partial charge >= 0.3 is 7.12 Å². The fourth-order valence-corrected chi connectivity index (χ4v) is 2.24. The van der Waals surface area contributed by atoms with Crippen LogP contribution in [0.3, 0.4) is 0 Å². The zero-order valence-electron chi connectivity index (χ0n) is 13.1. The highest BCUT2D eigenvalue weighted by Gasteiger charge is 2.28. The third-order valence-corrected chi connectivity index (χ3v) is 3.49. The Kier molecular flexibility index (Phi) is 5.17. The van der Waals surface area contributed by atoms with Gasteiger partial charge in [0.25, 0.3) is 0 Å². The monoisotopic (exact) mass is 306 g/mol. The second-order valence-corrected chi connectivity index (χ2v) is 5.36. The van der Waals surface area contributed by atoms with Gasteiger partial charge < -0.3 is 14.0 Å². The lowest BCUT2D eigenvalue weighted by Crippen LogP contribution is -2.21. The van der Waals surface area contributed by atoms with Crippen molar-refractivity contribution in [1.29, 1.82) is 0 Å². The van der Waals surface area contributed by atoms with E-state index in [4.69, 9.17) is 14.0 Å². The van der Waals surface area contributed by atoms with Crippen LogP contribution in [-0.4, -0.2) is 13.7 Å². The van der Waals surface area contributed by atoms with Crippen molar-refractivity contribution in [2.24, 2.45) is 0 Å². The average molecular weight is 306 g/mol. The van der Waals surface area contributed by atoms with Gasteiger partial charge in [0.15, 0.2) is 0 Å². The van der Waals surface area contributed by atoms with Crippen molar-refractivity contribution >= 4 is 7.12 Å². The fraction of sp³-hybridized carbons (Fsp3) is 0.158. The molecule has 4 heteroatoms. The average Bonchev–Trinajstić information content (AvgIpc) is 3.01. The molecule has 3 nitrogen and oxygen atoms in total. The molecule has 0 saturated heterocycles. The lowest BCUT2D eigenvalue weighted by Gasteiger charge is -2.02. The summed E-state index contributed by atoms with van der Waals surface area (Å²) in [7, 11) is -0.360. The molecule has 116 valence electrons. The predicted molar refractivity (Wildman–Crippen MR) is 92.4 cm³/mol. The van der Waals surface area contributed by atoms with E-state index in [9.17, 15) is 0 Å². The van der Waals surface area contributed by atoms with E-state index >= 15 is 0 Å². The van der Waals surface area contributed by atoms with Crippen LogP contribution in [0.4, 0.5) is 0 Å². The van der Waals surface area contributed by atoms with E-state index < -0.39 is 0 Å². The molecule has 0 spiro atoms. The topological polar surface area (TPSA) is 27.7 Å². The summed E-state index contributed by atoms with van der Waals surface area (Å²) in [6.07, 6.45) is 4.03.